The van der Waals surface area contributed by atoms with Crippen molar-refractivity contribution in [3.8, 4) is 23.0 Å². The standard InChI is InChI=1S/C19H18I2O7/c1-11-14(19(20)23)8-15(24-2)18(17(11)25-3)27-9-12-5-4-6-13(7-12)26-10-16(22)28-21/h4-8H,9-10H2,1-3H3. The van der Waals surface area contributed by atoms with E-state index in [1.165, 1.54) is 37.2 Å². The Bertz CT molecular complexity index is 868. The van der Waals surface area contributed by atoms with Crippen LogP contribution in [0.2, 0.25) is 0 Å². The predicted molar refractivity (Wildman–Crippen MR) is 119 cm³/mol. The molecule has 0 atom stereocenters. The van der Waals surface area contributed by atoms with Gasteiger partial charge in [-0.1, -0.05) is 12.1 Å². The van der Waals surface area contributed by atoms with Crippen molar-refractivity contribution in [3.63, 3.8) is 0 Å². The second-order valence-electron chi connectivity index (χ2n) is 5.56. The first-order valence-corrected chi connectivity index (χ1v) is 9.98. The maximum atomic E-state index is 11.8. The number of hydrogen-bond acceptors (Lipinski definition) is 7. The molecule has 0 radical (unpaired) electrons. The lowest BCUT2D eigenvalue weighted by Gasteiger charge is -2.18. The Morgan fingerprint density at radius 1 is 1.04 bits per heavy atom. The van der Waals surface area contributed by atoms with E-state index in [2.05, 4.69) is 3.07 Å². The smallest absolute Gasteiger partial charge is 0.353 e. The van der Waals surface area contributed by atoms with Crippen LogP contribution in [0.25, 0.3) is 0 Å². The second-order valence-corrected chi connectivity index (χ2v) is 6.98. The second kappa shape index (κ2) is 10.7. The van der Waals surface area contributed by atoms with E-state index >= 15 is 0 Å². The summed E-state index contributed by atoms with van der Waals surface area (Å²) >= 11 is 3.23. The first kappa shape index (κ1) is 22.5. The highest BCUT2D eigenvalue weighted by Crippen LogP contribution is 2.42. The van der Waals surface area contributed by atoms with Crippen molar-refractivity contribution < 1.29 is 31.6 Å². The summed E-state index contributed by atoms with van der Waals surface area (Å²) < 4.78 is 26.6. The molecular weight excluding hydrogens is 594 g/mol. The van der Waals surface area contributed by atoms with Crippen LogP contribution in [0.3, 0.4) is 0 Å². The molecule has 7 nitrogen and oxygen atoms in total. The summed E-state index contributed by atoms with van der Waals surface area (Å²) in [4.78, 5) is 23.0. The molecule has 0 amide bonds. The minimum Gasteiger partial charge on any atom is -0.493 e. The Labute approximate surface area is 190 Å². The third kappa shape index (κ3) is 5.63. The van der Waals surface area contributed by atoms with E-state index < -0.39 is 5.97 Å². The fourth-order valence-electron chi connectivity index (χ4n) is 2.49. The zero-order valence-electron chi connectivity index (χ0n) is 15.4. The van der Waals surface area contributed by atoms with Crippen LogP contribution in [0, 0.1) is 6.92 Å². The van der Waals surface area contributed by atoms with Gasteiger partial charge in [0.1, 0.15) is 12.4 Å². The van der Waals surface area contributed by atoms with E-state index in [4.69, 9.17) is 18.9 Å². The van der Waals surface area contributed by atoms with Gasteiger partial charge in [-0.05, 0) is 30.7 Å². The highest BCUT2D eigenvalue weighted by molar-refractivity contribution is 14.1. The maximum absolute atomic E-state index is 11.8. The van der Waals surface area contributed by atoms with Gasteiger partial charge in [-0.25, -0.2) is 4.79 Å². The van der Waals surface area contributed by atoms with Crippen LogP contribution in [-0.4, -0.2) is 30.6 Å². The van der Waals surface area contributed by atoms with Crippen LogP contribution >= 0.6 is 45.6 Å². The highest BCUT2D eigenvalue weighted by atomic mass is 127. The van der Waals surface area contributed by atoms with Gasteiger partial charge in [0.05, 0.1) is 14.2 Å². The SMILES string of the molecule is COc1cc(C(=O)I)c(C)c(OC)c1OCc1cccc(OCC(=O)OI)c1. The van der Waals surface area contributed by atoms with Crippen molar-refractivity contribution in [1.29, 1.82) is 0 Å². The molecule has 2 aromatic rings. The number of rotatable bonds is 9. The molecule has 0 spiro atoms. The molecule has 2 rings (SSSR count). The molecule has 0 heterocycles. The third-order valence-electron chi connectivity index (χ3n) is 3.81. The molecule has 0 aliphatic rings. The van der Waals surface area contributed by atoms with Crippen LogP contribution < -0.4 is 18.9 Å². The van der Waals surface area contributed by atoms with E-state index in [0.29, 0.717) is 34.1 Å². The predicted octanol–water partition coefficient (Wildman–Crippen LogP) is 4.44. The van der Waals surface area contributed by atoms with Crippen molar-refractivity contribution in [2.75, 3.05) is 20.8 Å². The Kier molecular flexibility index (Phi) is 8.60. The number of halogens is 2. The zero-order valence-corrected chi connectivity index (χ0v) is 19.7. The van der Waals surface area contributed by atoms with Gasteiger partial charge in [0.25, 0.3) is 0 Å². The van der Waals surface area contributed by atoms with Gasteiger partial charge in [-0.15, -0.1) is 0 Å². The van der Waals surface area contributed by atoms with Gasteiger partial charge in [0.2, 0.25) is 9.54 Å². The van der Waals surface area contributed by atoms with Crippen molar-refractivity contribution in [2.24, 2.45) is 0 Å². The minimum absolute atomic E-state index is 0.117. The molecule has 0 saturated carbocycles. The number of hydrogen-bond donors (Lipinski definition) is 0. The monoisotopic (exact) mass is 612 g/mol. The Morgan fingerprint density at radius 2 is 1.79 bits per heavy atom. The number of carbonyl (C=O) groups excluding carboxylic acids is 2. The van der Waals surface area contributed by atoms with Crippen LogP contribution in [0.4, 0.5) is 0 Å². The molecule has 0 aromatic heterocycles. The minimum atomic E-state index is -0.475. The lowest BCUT2D eigenvalue weighted by molar-refractivity contribution is -0.133. The molecule has 2 aromatic carbocycles. The molecule has 0 saturated heterocycles. The van der Waals surface area contributed by atoms with Crippen molar-refractivity contribution in [2.45, 2.75) is 13.5 Å². The lowest BCUT2D eigenvalue weighted by Crippen LogP contribution is -2.10. The van der Waals surface area contributed by atoms with Crippen molar-refractivity contribution >= 4 is 55.4 Å². The van der Waals surface area contributed by atoms with E-state index in [-0.39, 0.29) is 17.0 Å². The van der Waals surface area contributed by atoms with Crippen LogP contribution in [0.15, 0.2) is 30.3 Å². The van der Waals surface area contributed by atoms with Crippen LogP contribution in [0.1, 0.15) is 21.5 Å². The van der Waals surface area contributed by atoms with Gasteiger partial charge in [-0.2, -0.15) is 0 Å². The first-order valence-electron chi connectivity index (χ1n) is 8.02. The quantitative estimate of drug-likeness (QED) is 0.306. The van der Waals surface area contributed by atoms with Gasteiger partial charge in [0, 0.05) is 33.7 Å². The first-order chi connectivity index (χ1) is 13.4. The average molecular weight is 612 g/mol. The third-order valence-corrected chi connectivity index (χ3v) is 4.88. The summed E-state index contributed by atoms with van der Waals surface area (Å²) in [7, 11) is 3.01. The molecule has 0 fully saturated rings. The van der Waals surface area contributed by atoms with E-state index in [1.54, 1.807) is 53.8 Å². The molecule has 0 unspecified atom stereocenters. The van der Waals surface area contributed by atoms with E-state index in [0.717, 1.165) is 5.56 Å². The molecule has 0 aliphatic carbocycles. The van der Waals surface area contributed by atoms with Gasteiger partial charge in [-0.3, -0.25) is 4.79 Å². The summed E-state index contributed by atoms with van der Waals surface area (Å²) in [5, 5.41) is 0. The van der Waals surface area contributed by atoms with Crippen LogP contribution in [0.5, 0.6) is 23.0 Å². The van der Waals surface area contributed by atoms with Gasteiger partial charge < -0.3 is 22.0 Å². The summed E-state index contributed by atoms with van der Waals surface area (Å²) in [6.45, 7) is 1.81. The molecule has 150 valence electrons. The van der Waals surface area contributed by atoms with E-state index in [1.807, 2.05) is 6.07 Å². The number of carbonyl (C=O) groups is 2. The Hall–Kier alpha value is -1.76. The fourth-order valence-corrected chi connectivity index (χ4v) is 3.18. The van der Waals surface area contributed by atoms with Crippen molar-refractivity contribution in [1.82, 2.24) is 0 Å². The summed E-state index contributed by atoms with van der Waals surface area (Å²) in [6.07, 6.45) is 0. The molecular formula is C19H18I2O7. The average Bonchev–Trinajstić information content (AvgIpc) is 2.70. The molecule has 0 N–H and O–H groups in total. The van der Waals surface area contributed by atoms with Crippen LogP contribution in [-0.2, 0) is 14.5 Å². The van der Waals surface area contributed by atoms with Gasteiger partial charge in [0.15, 0.2) is 41.1 Å². The fraction of sp³-hybridized carbons (Fsp3) is 0.263. The molecule has 28 heavy (non-hydrogen) atoms. The normalized spacial score (nSPS) is 10.2. The summed E-state index contributed by atoms with van der Waals surface area (Å²) in [5.74, 6) is 1.29. The number of ether oxygens (including phenoxy) is 4. The molecule has 9 heteroatoms. The topological polar surface area (TPSA) is 80.3 Å². The largest absolute Gasteiger partial charge is 0.493 e. The Morgan fingerprint density at radius 3 is 2.39 bits per heavy atom. The molecule has 0 aliphatic heterocycles. The number of methoxy groups -OCH3 is 2. The van der Waals surface area contributed by atoms with Gasteiger partial charge >= 0.3 is 5.97 Å². The lowest BCUT2D eigenvalue weighted by atomic mass is 10.1. The summed E-state index contributed by atoms with van der Waals surface area (Å²) in [6, 6.07) is 8.78. The molecule has 0 bridgehead atoms. The number of benzene rings is 2. The Balaban J connectivity index is 2.23. The van der Waals surface area contributed by atoms with Crippen molar-refractivity contribution in [3.05, 3.63) is 47.0 Å². The van der Waals surface area contributed by atoms with E-state index in [9.17, 15) is 9.59 Å². The summed E-state index contributed by atoms with van der Waals surface area (Å²) in [5.41, 5.74) is 1.99. The zero-order chi connectivity index (χ0) is 20.7. The maximum Gasteiger partial charge on any atom is 0.353 e. The highest BCUT2D eigenvalue weighted by Gasteiger charge is 2.21.